The average molecular weight is 516 g/mol. The lowest BCUT2D eigenvalue weighted by Crippen LogP contribution is -2.36. The van der Waals surface area contributed by atoms with Crippen LogP contribution in [0.4, 0.5) is 5.69 Å². The molecule has 0 aliphatic rings. The van der Waals surface area contributed by atoms with Crippen LogP contribution in [0.2, 0.25) is 5.02 Å². The summed E-state index contributed by atoms with van der Waals surface area (Å²) < 4.78 is 28.5. The maximum atomic E-state index is 12.7. The number of hydrogen-bond acceptors (Lipinski definition) is 5. The van der Waals surface area contributed by atoms with E-state index < -0.39 is 22.5 Å². The molecule has 0 saturated heterocycles. The van der Waals surface area contributed by atoms with E-state index in [2.05, 4.69) is 15.8 Å². The molecule has 0 aliphatic heterocycles. The molecule has 0 bridgehead atoms. The Hall–Kier alpha value is -3.47. The van der Waals surface area contributed by atoms with Crippen molar-refractivity contribution in [2.45, 2.75) is 25.7 Å². The molecule has 3 aromatic rings. The summed E-state index contributed by atoms with van der Waals surface area (Å²) in [5.41, 5.74) is 6.50. The van der Waals surface area contributed by atoms with Gasteiger partial charge in [0.25, 0.3) is 5.91 Å². The van der Waals surface area contributed by atoms with Crippen LogP contribution in [0.1, 0.15) is 23.9 Å². The number of benzene rings is 2. The average Bonchev–Trinajstić information content (AvgIpc) is 3.07. The topological polar surface area (TPSA) is 113 Å². The molecule has 0 spiro atoms. The molecule has 0 radical (unpaired) electrons. The third kappa shape index (κ3) is 6.36. The highest BCUT2D eigenvalue weighted by atomic mass is 35.5. The maximum Gasteiger partial charge on any atom is 0.255 e. The van der Waals surface area contributed by atoms with E-state index in [9.17, 15) is 18.0 Å². The van der Waals surface area contributed by atoms with E-state index >= 15 is 0 Å². The van der Waals surface area contributed by atoms with Gasteiger partial charge in [-0.05, 0) is 68.4 Å². The van der Waals surface area contributed by atoms with Gasteiger partial charge in [-0.2, -0.15) is 9.41 Å². The Morgan fingerprint density at radius 2 is 1.71 bits per heavy atom. The van der Waals surface area contributed by atoms with Crippen molar-refractivity contribution in [2.24, 2.45) is 5.10 Å². The van der Waals surface area contributed by atoms with E-state index in [4.69, 9.17) is 11.6 Å². The van der Waals surface area contributed by atoms with Crippen molar-refractivity contribution in [1.29, 1.82) is 0 Å². The summed E-state index contributed by atoms with van der Waals surface area (Å²) in [6.07, 6.45) is 1.52. The minimum absolute atomic E-state index is 0.0000394. The van der Waals surface area contributed by atoms with E-state index in [1.165, 1.54) is 44.5 Å². The first-order valence-corrected chi connectivity index (χ1v) is 12.4. The summed E-state index contributed by atoms with van der Waals surface area (Å²) in [6.45, 7) is 4.83. The Kier molecular flexibility index (Phi) is 8.11. The van der Waals surface area contributed by atoms with Crippen LogP contribution in [0.3, 0.4) is 0 Å². The fraction of sp³-hybridized carbons (Fsp3) is 0.208. The zero-order chi connectivity index (χ0) is 25.8. The molecule has 11 heteroatoms. The molecule has 3 rings (SSSR count). The first kappa shape index (κ1) is 26.1. The quantitative estimate of drug-likeness (QED) is 0.353. The number of nitrogens with zero attached hydrogens (tertiary/aromatic N) is 3. The number of carbonyl (C=O) groups excluding carboxylic acids is 2. The zero-order valence-electron chi connectivity index (χ0n) is 19.7. The van der Waals surface area contributed by atoms with Crippen molar-refractivity contribution >= 4 is 45.3 Å². The number of carbonyl (C=O) groups is 2. The largest absolute Gasteiger partial charge is 0.326 e. The third-order valence-electron chi connectivity index (χ3n) is 5.20. The van der Waals surface area contributed by atoms with Crippen LogP contribution < -0.4 is 10.7 Å². The summed E-state index contributed by atoms with van der Waals surface area (Å²) in [7, 11) is -2.60. The Bertz CT molecular complexity index is 1360. The summed E-state index contributed by atoms with van der Waals surface area (Å²) >= 11 is 5.98. The molecule has 184 valence electrons. The number of hydrogen-bond donors (Lipinski definition) is 2. The molecular weight excluding hydrogens is 490 g/mol. The lowest BCUT2D eigenvalue weighted by molar-refractivity contribution is -0.121. The van der Waals surface area contributed by atoms with E-state index in [-0.39, 0.29) is 10.8 Å². The number of nitrogens with one attached hydrogen (secondary N) is 2. The van der Waals surface area contributed by atoms with Crippen molar-refractivity contribution in [3.05, 3.63) is 76.6 Å². The van der Waals surface area contributed by atoms with E-state index in [0.717, 1.165) is 26.9 Å². The highest BCUT2D eigenvalue weighted by Crippen LogP contribution is 2.21. The second kappa shape index (κ2) is 10.9. The number of anilines is 1. The van der Waals surface area contributed by atoms with Gasteiger partial charge in [0.1, 0.15) is 0 Å². The van der Waals surface area contributed by atoms with Crippen molar-refractivity contribution in [3.63, 3.8) is 0 Å². The molecule has 1 aromatic heterocycles. The van der Waals surface area contributed by atoms with E-state index in [1.807, 2.05) is 48.7 Å². The van der Waals surface area contributed by atoms with Gasteiger partial charge in [0.2, 0.25) is 15.9 Å². The van der Waals surface area contributed by atoms with Crippen LogP contribution in [0.25, 0.3) is 5.69 Å². The lowest BCUT2D eigenvalue weighted by Gasteiger charge is -2.16. The second-order valence-electron chi connectivity index (χ2n) is 7.90. The van der Waals surface area contributed by atoms with E-state index in [1.54, 1.807) is 0 Å². The van der Waals surface area contributed by atoms with Crippen molar-refractivity contribution in [1.82, 2.24) is 14.3 Å². The van der Waals surface area contributed by atoms with Gasteiger partial charge in [0.05, 0.1) is 17.7 Å². The molecule has 9 nitrogen and oxygen atoms in total. The highest BCUT2D eigenvalue weighted by molar-refractivity contribution is 7.89. The molecule has 35 heavy (non-hydrogen) atoms. The van der Waals surface area contributed by atoms with Gasteiger partial charge in [0.15, 0.2) is 0 Å². The number of halogens is 1. The highest BCUT2D eigenvalue weighted by Gasteiger charge is 2.23. The van der Waals surface area contributed by atoms with Gasteiger partial charge < -0.3 is 9.88 Å². The van der Waals surface area contributed by atoms with Crippen LogP contribution in [0.15, 0.2) is 64.6 Å². The summed E-state index contributed by atoms with van der Waals surface area (Å²) in [5, 5.41) is 7.21. The SMILES string of the molecule is CC(=O)Nc1ccc(S(=O)(=O)N(C)CC(=O)N/N=C/c2cc(C)n(-c3ccc(Cl)cc3)c2C)cc1. The van der Waals surface area contributed by atoms with Gasteiger partial charge in [0, 0.05) is 47.3 Å². The number of sulfonamides is 1. The molecule has 2 aromatic carbocycles. The maximum absolute atomic E-state index is 12.7. The monoisotopic (exact) mass is 515 g/mol. The smallest absolute Gasteiger partial charge is 0.255 e. The first-order chi connectivity index (χ1) is 16.5. The number of aryl methyl sites for hydroxylation is 1. The van der Waals surface area contributed by atoms with E-state index in [0.29, 0.717) is 10.7 Å². The molecule has 0 unspecified atom stereocenters. The molecule has 2 N–H and O–H groups in total. The van der Waals surface area contributed by atoms with Gasteiger partial charge in [-0.3, -0.25) is 9.59 Å². The van der Waals surface area contributed by atoms with Gasteiger partial charge in [-0.25, -0.2) is 13.8 Å². The van der Waals surface area contributed by atoms with Gasteiger partial charge in [-0.1, -0.05) is 11.6 Å². The van der Waals surface area contributed by atoms with Crippen LogP contribution >= 0.6 is 11.6 Å². The number of rotatable bonds is 8. The second-order valence-corrected chi connectivity index (χ2v) is 10.4. The minimum atomic E-state index is -3.90. The van der Waals surface area contributed by atoms with Crippen LogP contribution in [-0.4, -0.2) is 48.9 Å². The predicted octanol–water partition coefficient (Wildman–Crippen LogP) is 3.48. The normalized spacial score (nSPS) is 11.7. The number of hydrazone groups is 1. The van der Waals surface area contributed by atoms with Crippen LogP contribution in [-0.2, 0) is 19.6 Å². The number of amides is 2. The summed E-state index contributed by atoms with van der Waals surface area (Å²) in [4.78, 5) is 23.4. The standard InChI is InChI=1S/C24H26ClN5O4S/c1-16-13-19(17(2)30(16)22-9-5-20(25)6-10-22)14-26-28-24(32)15-29(4)35(33,34)23-11-7-21(8-12-23)27-18(3)31/h5-14H,15H2,1-4H3,(H,27,31)(H,28,32)/b26-14+. The first-order valence-electron chi connectivity index (χ1n) is 10.6. The fourth-order valence-electron chi connectivity index (χ4n) is 3.50. The molecule has 0 fully saturated rings. The Morgan fingerprint density at radius 1 is 1.09 bits per heavy atom. The molecule has 2 amide bonds. The number of likely N-dealkylation sites (N-methyl/N-ethyl adjacent to an activating group) is 1. The molecule has 0 aliphatic carbocycles. The predicted molar refractivity (Wildman–Crippen MR) is 137 cm³/mol. The number of aromatic nitrogens is 1. The van der Waals surface area contributed by atoms with Crippen LogP contribution in [0, 0.1) is 13.8 Å². The molecule has 0 saturated carbocycles. The fourth-order valence-corrected chi connectivity index (χ4v) is 4.75. The van der Waals surface area contributed by atoms with Crippen molar-refractivity contribution in [3.8, 4) is 5.69 Å². The molecule has 1 heterocycles. The minimum Gasteiger partial charge on any atom is -0.326 e. The lowest BCUT2D eigenvalue weighted by atomic mass is 10.2. The zero-order valence-corrected chi connectivity index (χ0v) is 21.3. The summed E-state index contributed by atoms with van der Waals surface area (Å²) in [6, 6.07) is 15.1. The van der Waals surface area contributed by atoms with Gasteiger partial charge >= 0.3 is 0 Å². The Balaban J connectivity index is 1.63. The molecular formula is C24H26ClN5O4S. The molecule has 0 atom stereocenters. The Labute approximate surface area is 209 Å². The van der Waals surface area contributed by atoms with Crippen LogP contribution in [0.5, 0.6) is 0 Å². The third-order valence-corrected chi connectivity index (χ3v) is 7.27. The van der Waals surface area contributed by atoms with Crippen molar-refractivity contribution in [2.75, 3.05) is 18.9 Å². The van der Waals surface area contributed by atoms with Gasteiger partial charge in [-0.15, -0.1) is 0 Å². The Morgan fingerprint density at radius 3 is 2.31 bits per heavy atom. The summed E-state index contributed by atoms with van der Waals surface area (Å²) in [5.74, 6) is -0.851. The van der Waals surface area contributed by atoms with Crippen molar-refractivity contribution < 1.29 is 18.0 Å².